The van der Waals surface area contributed by atoms with E-state index in [9.17, 15) is 24.0 Å². The van der Waals surface area contributed by atoms with Gasteiger partial charge in [0.05, 0.1) is 16.1 Å². The van der Waals surface area contributed by atoms with Crippen LogP contribution in [0.4, 0.5) is 0 Å². The molecule has 4 rings (SSSR count). The van der Waals surface area contributed by atoms with E-state index in [0.29, 0.717) is 28.6 Å². The number of aryl methyl sites for hydroxylation is 2. The molecule has 1 amide bonds. The zero-order valence-electron chi connectivity index (χ0n) is 52.5. The molecule has 10 nitrogen and oxygen atoms in total. The van der Waals surface area contributed by atoms with Crippen LogP contribution in [0.25, 0.3) is 0 Å². The molecule has 0 saturated carbocycles. The molecule has 1 aliphatic carbocycles. The lowest BCUT2D eigenvalue weighted by Gasteiger charge is -2.38. The van der Waals surface area contributed by atoms with Crippen LogP contribution in [0.3, 0.4) is 0 Å². The number of amides is 1. The van der Waals surface area contributed by atoms with Crippen molar-refractivity contribution in [2.24, 2.45) is 0 Å². The van der Waals surface area contributed by atoms with Gasteiger partial charge in [-0.3, -0.25) is 24.0 Å². The van der Waals surface area contributed by atoms with Gasteiger partial charge in [0.2, 0.25) is 5.91 Å². The van der Waals surface area contributed by atoms with Crippen LogP contribution in [-0.4, -0.2) is 61.0 Å². The summed E-state index contributed by atoms with van der Waals surface area (Å²) in [5.74, 6) is -1.15. The van der Waals surface area contributed by atoms with E-state index in [2.05, 4.69) is 26.0 Å². The van der Waals surface area contributed by atoms with Crippen molar-refractivity contribution in [1.82, 2.24) is 4.90 Å². The summed E-state index contributed by atoms with van der Waals surface area (Å²) in [6.07, 6.45) is 33.7. The van der Waals surface area contributed by atoms with Gasteiger partial charge in [0, 0.05) is 56.0 Å². The Morgan fingerprint density at radius 1 is 0.542 bits per heavy atom. The van der Waals surface area contributed by atoms with E-state index in [-0.39, 0.29) is 75.1 Å². The number of fused-ring (bicyclic) bond motifs is 1. The third kappa shape index (κ3) is 27.7. The fourth-order valence-corrected chi connectivity index (χ4v) is 12.4. The molecular weight excluding hydrogens is 1080 g/mol. The molecule has 0 fully saturated rings. The number of halogens is 2. The van der Waals surface area contributed by atoms with E-state index < -0.39 is 23.5 Å². The number of nitrogens with zero attached hydrogens (tertiary/aromatic N) is 1. The summed E-state index contributed by atoms with van der Waals surface area (Å²) < 4.78 is 23.1. The maximum absolute atomic E-state index is 14.4. The van der Waals surface area contributed by atoms with Crippen molar-refractivity contribution in [3.8, 4) is 5.75 Å². The molecule has 0 bridgehead atoms. The minimum Gasteiger partial charge on any atom is -0.462 e. The summed E-state index contributed by atoms with van der Waals surface area (Å²) in [6, 6.07) is 17.9. The Morgan fingerprint density at radius 3 is 1.48 bits per heavy atom. The molecule has 0 heterocycles. The van der Waals surface area contributed by atoms with Gasteiger partial charge in [-0.2, -0.15) is 0 Å². The predicted octanol–water partition coefficient (Wildman–Crippen LogP) is 19.8. The number of esters is 4. The van der Waals surface area contributed by atoms with Crippen molar-refractivity contribution in [2.45, 2.75) is 290 Å². The van der Waals surface area contributed by atoms with Crippen molar-refractivity contribution in [3.05, 3.63) is 98.0 Å². The molecule has 12 heteroatoms. The van der Waals surface area contributed by atoms with Gasteiger partial charge in [-0.15, -0.1) is 0 Å². The Bertz CT molecular complexity index is 2340. The molecule has 3 aromatic carbocycles. The van der Waals surface area contributed by atoms with Crippen molar-refractivity contribution in [2.75, 3.05) is 20.3 Å². The molecule has 2 atom stereocenters. The van der Waals surface area contributed by atoms with Crippen molar-refractivity contribution < 1.29 is 42.9 Å². The predicted molar refractivity (Wildman–Crippen MR) is 340 cm³/mol. The molecule has 0 saturated heterocycles. The maximum Gasteiger partial charge on any atom is 0.311 e. The molecule has 3 aromatic rings. The summed E-state index contributed by atoms with van der Waals surface area (Å²) in [4.78, 5) is 68.7. The van der Waals surface area contributed by atoms with Crippen molar-refractivity contribution in [3.63, 3.8) is 0 Å². The molecule has 83 heavy (non-hydrogen) atoms. The molecule has 464 valence electrons. The van der Waals surface area contributed by atoms with E-state index >= 15 is 0 Å². The van der Waals surface area contributed by atoms with Gasteiger partial charge >= 0.3 is 23.9 Å². The first-order chi connectivity index (χ1) is 40.0. The van der Waals surface area contributed by atoms with E-state index in [4.69, 9.17) is 42.1 Å². The molecule has 0 spiro atoms. The summed E-state index contributed by atoms with van der Waals surface area (Å²) in [5, 5.41) is 1.04. The van der Waals surface area contributed by atoms with Crippen LogP contribution in [0, 0.1) is 13.8 Å². The van der Waals surface area contributed by atoms with Crippen LogP contribution in [0.2, 0.25) is 10.0 Å². The first-order valence-corrected chi connectivity index (χ1v) is 33.4. The summed E-state index contributed by atoms with van der Waals surface area (Å²) in [6.45, 7) is 12.1. The van der Waals surface area contributed by atoms with Gasteiger partial charge in [-0.25, -0.2) is 0 Å². The van der Waals surface area contributed by atoms with Crippen LogP contribution in [0.1, 0.15) is 298 Å². The highest BCUT2D eigenvalue weighted by atomic mass is 35.5. The minimum absolute atomic E-state index is 0.0134. The van der Waals surface area contributed by atoms with Gasteiger partial charge in [-0.1, -0.05) is 241 Å². The molecule has 1 aliphatic rings. The molecule has 0 radical (unpaired) electrons. The Kier molecular flexibility index (Phi) is 35.0. The highest BCUT2D eigenvalue weighted by Gasteiger charge is 2.36. The van der Waals surface area contributed by atoms with Gasteiger partial charge in [0.1, 0.15) is 19.0 Å². The Balaban J connectivity index is 1.24. The molecular formula is C71H107Cl2NO9. The number of ether oxygens (including phenoxy) is 4. The first kappa shape index (κ1) is 71.1. The van der Waals surface area contributed by atoms with Gasteiger partial charge in [-0.05, 0) is 98.4 Å². The maximum atomic E-state index is 14.4. The number of carbonyl (C=O) groups is 5. The van der Waals surface area contributed by atoms with E-state index in [1.54, 1.807) is 0 Å². The zero-order chi connectivity index (χ0) is 60.2. The second-order valence-electron chi connectivity index (χ2n) is 24.6. The van der Waals surface area contributed by atoms with Crippen LogP contribution in [-0.2, 0) is 43.6 Å². The van der Waals surface area contributed by atoms with Crippen LogP contribution >= 0.6 is 23.2 Å². The molecule has 0 aliphatic heterocycles. The number of benzene rings is 3. The Morgan fingerprint density at radius 2 is 0.988 bits per heavy atom. The highest BCUT2D eigenvalue weighted by molar-refractivity contribution is 6.42. The second-order valence-corrected chi connectivity index (χ2v) is 25.4. The fourth-order valence-electron chi connectivity index (χ4n) is 12.0. The van der Waals surface area contributed by atoms with Crippen LogP contribution < -0.4 is 4.74 Å². The number of hydrogen-bond acceptors (Lipinski definition) is 9. The Labute approximate surface area is 512 Å². The largest absolute Gasteiger partial charge is 0.462 e. The van der Waals surface area contributed by atoms with Gasteiger partial charge in [0.15, 0.2) is 6.10 Å². The molecule has 0 aromatic heterocycles. The SMILES string of the molecule is CCCCCCCCCCCCCCCC(=O)OCC(COC(=O)CCCCCCCCCCCCCCC)OC(=O)CCCCC(=O)Oc1cc(C)cc(C)c1C(C)(C)CC(=O)N(C)[C@H]1CC[C@@H](c2ccc(Cl)c(Cl)c2)c2ccccc21. The van der Waals surface area contributed by atoms with E-state index in [1.165, 1.54) is 134 Å². The average molecular weight is 1190 g/mol. The summed E-state index contributed by atoms with van der Waals surface area (Å²) in [7, 11) is 1.88. The number of unbranched alkanes of at least 4 members (excludes halogenated alkanes) is 25. The summed E-state index contributed by atoms with van der Waals surface area (Å²) >= 11 is 12.7. The Hall–Kier alpha value is -4.41. The number of hydrogen-bond donors (Lipinski definition) is 0. The van der Waals surface area contributed by atoms with Gasteiger partial charge < -0.3 is 23.8 Å². The van der Waals surface area contributed by atoms with E-state index in [0.717, 1.165) is 79.2 Å². The number of carbonyl (C=O) groups excluding carboxylic acids is 5. The molecule has 0 unspecified atom stereocenters. The van der Waals surface area contributed by atoms with Crippen molar-refractivity contribution >= 4 is 53.0 Å². The lowest BCUT2D eigenvalue weighted by atomic mass is 9.75. The summed E-state index contributed by atoms with van der Waals surface area (Å²) in [5.41, 5.74) is 5.34. The fraction of sp³-hybridized carbons (Fsp3) is 0.676. The third-order valence-electron chi connectivity index (χ3n) is 16.7. The first-order valence-electron chi connectivity index (χ1n) is 32.7. The normalized spacial score (nSPS) is 14.1. The number of rotatable bonds is 44. The minimum atomic E-state index is -0.942. The lowest BCUT2D eigenvalue weighted by molar-refractivity contribution is -0.167. The second kappa shape index (κ2) is 40.8. The molecule has 0 N–H and O–H groups in total. The van der Waals surface area contributed by atoms with Gasteiger partial charge in [0.25, 0.3) is 0 Å². The standard InChI is InChI=1S/C71H107Cl2NO9/c1-8-10-12-14-16-18-20-22-24-26-28-30-32-40-66(76)80-52-57(53-81-67(77)41-33-31-29-27-25-23-21-19-17-15-13-11-9-2)82-68(78)42-36-37-43-69(79)83-64-49-54(3)48-55(4)70(64)71(5,6)51-65(75)74(7)63-47-45-58(59-38-34-35-39-60(59)63)56-44-46-61(72)62(73)50-56/h34-35,38-39,44,46,48-50,57-58,63H,8-33,36-37,40-43,45,47,51-53H2,1-7H3/t58-,63-/m0/s1. The zero-order valence-corrected chi connectivity index (χ0v) is 54.0. The third-order valence-corrected chi connectivity index (χ3v) is 17.5. The van der Waals surface area contributed by atoms with Crippen molar-refractivity contribution in [1.29, 1.82) is 0 Å². The highest BCUT2D eigenvalue weighted by Crippen LogP contribution is 2.45. The van der Waals surface area contributed by atoms with E-state index in [1.807, 2.05) is 82.1 Å². The average Bonchev–Trinajstić information content (AvgIpc) is 3.45. The monoisotopic (exact) mass is 1190 g/mol. The topological polar surface area (TPSA) is 126 Å². The van der Waals surface area contributed by atoms with Crippen LogP contribution in [0.15, 0.2) is 54.6 Å². The quantitative estimate of drug-likeness (QED) is 0.0235. The van der Waals surface area contributed by atoms with Crippen LogP contribution in [0.5, 0.6) is 5.75 Å². The lowest BCUT2D eigenvalue weighted by Crippen LogP contribution is -2.37. The smallest absolute Gasteiger partial charge is 0.311 e.